The molecule has 0 bridgehead atoms. The van der Waals surface area contributed by atoms with Crippen LogP contribution in [-0.2, 0) is 16.6 Å². The molecule has 0 amide bonds. The van der Waals surface area contributed by atoms with Crippen molar-refractivity contribution < 1.29 is 16.1 Å². The predicted molar refractivity (Wildman–Crippen MR) is 124 cm³/mol. The standard InChI is InChI=1S/C23H23N3O2.CH5NO.CH4/c1-5-28-22-16-11-12-17-14(2)19(27)18(24-4)13-23(17,3)20(16)25-21(26-22)15-9-7-6-8-10-15;1-2-3;/h6-10,13-14,17H,5,11-12H2,1-3H3;2-3H,1H3;1H4/t14-,17-,23-;;/m0../s1/i;;1T. The molecule has 0 radical (unpaired) electrons. The van der Waals surface area contributed by atoms with Gasteiger partial charge in [-0.05, 0) is 25.7 Å². The van der Waals surface area contributed by atoms with Crippen molar-refractivity contribution in [2.75, 3.05) is 13.7 Å². The van der Waals surface area contributed by atoms with E-state index < -0.39 is 5.41 Å². The molecule has 1 heterocycles. The van der Waals surface area contributed by atoms with Crippen LogP contribution in [0.25, 0.3) is 16.2 Å². The van der Waals surface area contributed by atoms with Gasteiger partial charge in [0, 0.05) is 30.9 Å². The van der Waals surface area contributed by atoms with Crippen LogP contribution in [0.5, 0.6) is 5.88 Å². The molecule has 32 heavy (non-hydrogen) atoms. The summed E-state index contributed by atoms with van der Waals surface area (Å²) < 4.78 is 11.6. The Morgan fingerprint density at radius 1 is 1.38 bits per heavy atom. The van der Waals surface area contributed by atoms with E-state index in [0.29, 0.717) is 18.3 Å². The molecule has 7 heteroatoms. The van der Waals surface area contributed by atoms with Crippen molar-refractivity contribution in [1.29, 1.82) is 0 Å². The van der Waals surface area contributed by atoms with Gasteiger partial charge in [-0.25, -0.2) is 15.3 Å². The van der Waals surface area contributed by atoms with Gasteiger partial charge in [0.1, 0.15) is 0 Å². The van der Waals surface area contributed by atoms with Crippen molar-refractivity contribution in [3.63, 3.8) is 0 Å². The number of benzene rings is 1. The van der Waals surface area contributed by atoms with Gasteiger partial charge in [-0.3, -0.25) is 0 Å². The van der Waals surface area contributed by atoms with E-state index in [0.717, 1.165) is 29.7 Å². The molecule has 1 aromatic carbocycles. The normalized spacial score (nSPS) is 23.5. The van der Waals surface area contributed by atoms with Crippen LogP contribution >= 0.6 is 0 Å². The van der Waals surface area contributed by atoms with Gasteiger partial charge in [0.2, 0.25) is 11.6 Å². The topological polar surface area (TPSA) is 88.7 Å². The maximum absolute atomic E-state index is 12.6. The minimum atomic E-state index is -0.487. The van der Waals surface area contributed by atoms with Crippen LogP contribution in [0.4, 0.5) is 0 Å². The summed E-state index contributed by atoms with van der Waals surface area (Å²) in [5.74, 6) is 1.10. The van der Waals surface area contributed by atoms with Gasteiger partial charge in [-0.1, -0.05) is 57.7 Å². The van der Waals surface area contributed by atoms with Crippen LogP contribution in [0.1, 0.15) is 47.2 Å². The Labute approximate surface area is 191 Å². The predicted octanol–water partition coefficient (Wildman–Crippen LogP) is 4.62. The highest BCUT2D eigenvalue weighted by atomic mass is 16.5. The van der Waals surface area contributed by atoms with Crippen LogP contribution < -0.4 is 10.2 Å². The van der Waals surface area contributed by atoms with Crippen molar-refractivity contribution >= 4 is 5.78 Å². The van der Waals surface area contributed by atoms with E-state index >= 15 is 0 Å². The molecule has 0 aliphatic heterocycles. The Morgan fingerprint density at radius 3 is 2.62 bits per heavy atom. The summed E-state index contributed by atoms with van der Waals surface area (Å²) in [5.41, 5.74) is 4.30. The molecule has 4 rings (SSSR count). The molecule has 2 N–H and O–H groups in total. The highest BCUT2D eigenvalue weighted by molar-refractivity contribution is 6.00. The van der Waals surface area contributed by atoms with E-state index in [2.05, 4.69) is 11.8 Å². The second-order valence-corrected chi connectivity index (χ2v) is 7.92. The first-order chi connectivity index (χ1) is 15.9. The molecular formula is C25H32N4O3. The molecule has 2 aromatic rings. The average Bonchev–Trinajstić information content (AvgIpc) is 2.84. The number of carbonyl (C=O) groups excluding carboxylic acids is 1. The Hall–Kier alpha value is -3.08. The maximum atomic E-state index is 12.6. The third-order valence-electron chi connectivity index (χ3n) is 6.09. The molecular weight excluding hydrogens is 404 g/mol. The van der Waals surface area contributed by atoms with Crippen LogP contribution in [-0.4, -0.2) is 34.6 Å². The fourth-order valence-electron chi connectivity index (χ4n) is 4.69. The van der Waals surface area contributed by atoms with Crippen LogP contribution in [0.15, 0.2) is 42.1 Å². The molecule has 0 spiro atoms. The van der Waals surface area contributed by atoms with Crippen molar-refractivity contribution in [2.45, 2.75) is 46.4 Å². The van der Waals surface area contributed by atoms with Gasteiger partial charge in [-0.2, -0.15) is 4.98 Å². The number of rotatable bonds is 3. The molecule has 0 unspecified atom stereocenters. The number of nitrogens with zero attached hydrogens (tertiary/aromatic N) is 3. The molecule has 170 valence electrons. The number of hydrogen-bond donors (Lipinski definition) is 2. The van der Waals surface area contributed by atoms with E-state index in [1.807, 2.05) is 50.3 Å². The highest BCUT2D eigenvalue weighted by Crippen LogP contribution is 2.51. The van der Waals surface area contributed by atoms with Gasteiger partial charge in [0.05, 0.1) is 18.9 Å². The number of ether oxygens (including phenoxy) is 1. The number of hydroxylamine groups is 1. The molecule has 7 nitrogen and oxygen atoms in total. The lowest BCUT2D eigenvalue weighted by Gasteiger charge is -2.45. The van der Waals surface area contributed by atoms with Crippen molar-refractivity contribution in [3.8, 4) is 17.3 Å². The summed E-state index contributed by atoms with van der Waals surface area (Å²) in [6.45, 7) is 14.0. The zero-order valence-corrected chi connectivity index (χ0v) is 19.3. The van der Waals surface area contributed by atoms with Crippen molar-refractivity contribution in [2.24, 2.45) is 11.8 Å². The Bertz CT molecular complexity index is 1040. The van der Waals surface area contributed by atoms with E-state index in [1.54, 1.807) is 5.48 Å². The third kappa shape index (κ3) is 4.43. The number of ketones is 1. The summed E-state index contributed by atoms with van der Waals surface area (Å²) in [6, 6.07) is 9.84. The zero-order valence-electron chi connectivity index (χ0n) is 20.3. The molecule has 0 saturated heterocycles. The van der Waals surface area contributed by atoms with Crippen molar-refractivity contribution in [3.05, 3.63) is 64.8 Å². The lowest BCUT2D eigenvalue weighted by Crippen LogP contribution is -2.46. The van der Waals surface area contributed by atoms with Gasteiger partial charge < -0.3 is 14.7 Å². The molecule has 0 fully saturated rings. The maximum Gasteiger partial charge on any atom is 0.226 e. The van der Waals surface area contributed by atoms with E-state index in [4.69, 9.17) is 27.9 Å². The fraction of sp³-hybridized carbons (Fsp3) is 0.440. The summed E-state index contributed by atoms with van der Waals surface area (Å²) in [4.78, 5) is 25.8. The quantitative estimate of drug-likeness (QED) is 0.537. The Balaban J connectivity index is 0.000000714. The Morgan fingerprint density at radius 2 is 2.03 bits per heavy atom. The minimum Gasteiger partial charge on any atom is -0.478 e. The number of Topliss-reactive ketones (excluding diaryl/α,β-unsaturated/α-hetero) is 1. The number of hydrogen-bond acceptors (Lipinski definition) is 6. The zero-order chi connectivity index (χ0) is 24.6. The molecule has 0 saturated carbocycles. The number of fused-ring (bicyclic) bond motifs is 3. The second kappa shape index (κ2) is 10.5. The van der Waals surface area contributed by atoms with E-state index in [-0.39, 0.29) is 23.3 Å². The van der Waals surface area contributed by atoms with E-state index in [1.165, 1.54) is 14.5 Å². The van der Waals surface area contributed by atoms with Crippen LogP contribution in [0.3, 0.4) is 0 Å². The molecule has 2 aliphatic rings. The van der Waals surface area contributed by atoms with Gasteiger partial charge in [0.15, 0.2) is 11.6 Å². The van der Waals surface area contributed by atoms with Crippen LogP contribution in [0, 0.1) is 18.4 Å². The SMILES string of the molecule is CNO.[3H]C.[C-]#[N+]C1=C[C@]2(C)c3nc(-c4ccccc4)nc(OCC)c3CC[C@H]2[C@H](C)C1=O. The molecule has 2 aliphatic carbocycles. The molecule has 1 aromatic heterocycles. The monoisotopic (exact) mass is 438 g/mol. The summed E-state index contributed by atoms with van der Waals surface area (Å²) in [7, 11) is 2.68. The minimum absolute atomic E-state index is 0.0525. The van der Waals surface area contributed by atoms with Gasteiger partial charge >= 0.3 is 0 Å². The smallest absolute Gasteiger partial charge is 0.226 e. The number of nitrogens with one attached hydrogen (secondary N) is 1. The first kappa shape index (κ1) is 23.6. The van der Waals surface area contributed by atoms with Gasteiger partial charge in [0.25, 0.3) is 0 Å². The largest absolute Gasteiger partial charge is 0.478 e. The highest BCUT2D eigenvalue weighted by Gasteiger charge is 2.49. The first-order valence-corrected chi connectivity index (χ1v) is 10.5. The lowest BCUT2D eigenvalue weighted by molar-refractivity contribution is -0.121. The summed E-state index contributed by atoms with van der Waals surface area (Å²) in [6.07, 6.45) is 3.47. The lowest BCUT2D eigenvalue weighted by atomic mass is 9.58. The van der Waals surface area contributed by atoms with Gasteiger partial charge in [-0.15, -0.1) is 0 Å². The number of carbonyl (C=O) groups is 1. The van der Waals surface area contributed by atoms with E-state index in [9.17, 15) is 4.79 Å². The average molecular weight is 439 g/mol. The summed E-state index contributed by atoms with van der Waals surface area (Å²) >= 11 is 0. The van der Waals surface area contributed by atoms with Crippen LogP contribution in [0.2, 0.25) is 0 Å². The summed E-state index contributed by atoms with van der Waals surface area (Å²) in [5, 5.41) is 7.32. The Kier molecular flexibility index (Phi) is 7.73. The fourth-order valence-corrected chi connectivity index (χ4v) is 4.69. The second-order valence-electron chi connectivity index (χ2n) is 7.92. The number of allylic oxidation sites excluding steroid dienone is 2. The molecule has 3 atom stereocenters. The first-order valence-electron chi connectivity index (χ1n) is 11.5. The third-order valence-corrected chi connectivity index (χ3v) is 6.09. The number of aromatic nitrogens is 2. The van der Waals surface area contributed by atoms with Crippen molar-refractivity contribution in [1.82, 2.24) is 15.4 Å².